The van der Waals surface area contributed by atoms with Crippen molar-refractivity contribution in [3.8, 4) is 23.0 Å². The molecule has 5 aromatic rings. The third-order valence-corrected chi connectivity index (χ3v) is 7.48. The van der Waals surface area contributed by atoms with Crippen LogP contribution in [0.2, 0.25) is 0 Å². The summed E-state index contributed by atoms with van der Waals surface area (Å²) in [5, 5.41) is 3.39. The number of nitrogens with one attached hydrogen (secondary N) is 1. The Balaban J connectivity index is 1.47. The van der Waals surface area contributed by atoms with Crippen LogP contribution in [0, 0.1) is 0 Å². The van der Waals surface area contributed by atoms with E-state index in [1.165, 1.54) is 11.1 Å². The van der Waals surface area contributed by atoms with Gasteiger partial charge in [0.05, 0.1) is 0 Å². The summed E-state index contributed by atoms with van der Waals surface area (Å²) < 4.78 is 13.1. The van der Waals surface area contributed by atoms with E-state index in [1.54, 1.807) is 12.4 Å². The van der Waals surface area contributed by atoms with E-state index < -0.39 is 0 Å². The van der Waals surface area contributed by atoms with Crippen molar-refractivity contribution in [2.75, 3.05) is 0 Å². The summed E-state index contributed by atoms with van der Waals surface area (Å²) in [5.74, 6) is 4.85. The molecule has 0 spiro atoms. The van der Waals surface area contributed by atoms with Crippen molar-refractivity contribution in [3.63, 3.8) is 0 Å². The second kappa shape index (κ2) is 12.0. The molecule has 3 heterocycles. The Hall–Kier alpha value is -5.30. The van der Waals surface area contributed by atoms with Gasteiger partial charge in [-0.25, -0.2) is 20.0 Å². The van der Waals surface area contributed by atoms with Crippen LogP contribution in [0.25, 0.3) is 0 Å². The molecule has 3 aromatic carbocycles. The van der Waals surface area contributed by atoms with E-state index in [0.717, 1.165) is 11.1 Å². The predicted molar refractivity (Wildman–Crippen MR) is 181 cm³/mol. The van der Waals surface area contributed by atoms with Crippen molar-refractivity contribution in [2.24, 2.45) is 9.98 Å². The number of pyridine rings is 2. The second-order valence-corrected chi connectivity index (χ2v) is 13.0. The predicted octanol–water partition coefficient (Wildman–Crippen LogP) is 9.42. The lowest BCUT2D eigenvalue weighted by molar-refractivity contribution is 0.418. The molecule has 0 bridgehead atoms. The average molecular weight is 596 g/mol. The van der Waals surface area contributed by atoms with Crippen LogP contribution in [0.4, 0.5) is 11.6 Å². The lowest BCUT2D eigenvalue weighted by atomic mass is 9.87. The molecule has 0 saturated heterocycles. The Morgan fingerprint density at radius 1 is 0.533 bits per heavy atom. The third kappa shape index (κ3) is 6.93. The molecule has 1 N–H and O–H groups in total. The van der Waals surface area contributed by atoms with Gasteiger partial charge in [-0.2, -0.15) is 0 Å². The standard InChI is InChI=1S/C38H37N5O2/c1-37(2,3)25-13-17-27(18-14-25)44-31-23-29-30(24-32(31)45-28-19-15-26(16-20-28)38(4,5)6)36(42-34-12-8-10-22-40-34)43-35(29)41-33-11-7-9-21-39-33/h7-24H,1-6H3,(H,39,40,41,42,43). The number of fused-ring (bicyclic) bond motifs is 1. The molecular weight excluding hydrogens is 558 g/mol. The molecule has 226 valence electrons. The highest BCUT2D eigenvalue weighted by Gasteiger charge is 2.28. The molecule has 7 heteroatoms. The smallest absolute Gasteiger partial charge is 0.170 e. The minimum atomic E-state index is 0.0332. The van der Waals surface area contributed by atoms with Gasteiger partial charge in [0.1, 0.15) is 23.2 Å². The van der Waals surface area contributed by atoms with Gasteiger partial charge in [-0.1, -0.05) is 77.9 Å². The topological polar surface area (TPSA) is 81.0 Å². The average Bonchev–Trinajstić information content (AvgIpc) is 3.33. The van der Waals surface area contributed by atoms with Crippen LogP contribution in [0.15, 0.2) is 119 Å². The van der Waals surface area contributed by atoms with E-state index in [-0.39, 0.29) is 10.8 Å². The Kier molecular flexibility index (Phi) is 7.94. The van der Waals surface area contributed by atoms with Crippen LogP contribution in [-0.4, -0.2) is 21.6 Å². The summed E-state index contributed by atoms with van der Waals surface area (Å²) in [6, 6.07) is 31.5. The van der Waals surface area contributed by atoms with Crippen molar-refractivity contribution < 1.29 is 9.47 Å². The fraction of sp³-hybridized carbons (Fsp3) is 0.211. The van der Waals surface area contributed by atoms with Crippen molar-refractivity contribution in [2.45, 2.75) is 52.4 Å². The van der Waals surface area contributed by atoms with Gasteiger partial charge in [0, 0.05) is 23.5 Å². The molecule has 1 aliphatic heterocycles. The number of ether oxygens (including phenoxy) is 2. The number of hydrogen-bond acceptors (Lipinski definition) is 6. The Labute approximate surface area is 264 Å². The summed E-state index contributed by atoms with van der Waals surface area (Å²) in [4.78, 5) is 18.5. The van der Waals surface area contributed by atoms with E-state index in [9.17, 15) is 0 Å². The maximum Gasteiger partial charge on any atom is 0.170 e. The fourth-order valence-electron chi connectivity index (χ4n) is 4.90. The van der Waals surface area contributed by atoms with E-state index in [2.05, 4.69) is 81.1 Å². The summed E-state index contributed by atoms with van der Waals surface area (Å²) in [7, 11) is 0. The number of aromatic nitrogens is 2. The molecule has 0 aliphatic carbocycles. The normalized spacial score (nSPS) is 14.7. The molecule has 6 rings (SSSR count). The van der Waals surface area contributed by atoms with Crippen molar-refractivity contribution in [3.05, 3.63) is 132 Å². The monoisotopic (exact) mass is 595 g/mol. The summed E-state index contributed by atoms with van der Waals surface area (Å²) in [6.45, 7) is 13.2. The molecule has 0 fully saturated rings. The first-order valence-corrected chi connectivity index (χ1v) is 15.0. The van der Waals surface area contributed by atoms with Crippen molar-refractivity contribution in [1.29, 1.82) is 0 Å². The zero-order chi connectivity index (χ0) is 31.6. The van der Waals surface area contributed by atoms with Crippen LogP contribution >= 0.6 is 0 Å². The van der Waals surface area contributed by atoms with Gasteiger partial charge < -0.3 is 14.8 Å². The number of nitrogens with zero attached hydrogens (tertiary/aromatic N) is 4. The van der Waals surface area contributed by atoms with Gasteiger partial charge in [0.25, 0.3) is 0 Å². The van der Waals surface area contributed by atoms with E-state index in [1.807, 2.05) is 72.8 Å². The first kappa shape index (κ1) is 29.8. The molecule has 1 aliphatic rings. The fourth-order valence-corrected chi connectivity index (χ4v) is 4.90. The maximum atomic E-state index is 6.53. The third-order valence-electron chi connectivity index (χ3n) is 7.48. The molecule has 0 atom stereocenters. The van der Waals surface area contributed by atoms with Gasteiger partial charge in [0.2, 0.25) is 0 Å². The van der Waals surface area contributed by atoms with Gasteiger partial charge >= 0.3 is 0 Å². The SMILES string of the molecule is CC(C)(C)c1ccc(Oc2cc3c(cc2Oc2ccc(C(C)(C)C)cc2)/C(=N\c2ccccn2)N/C3=N\c2ccccn2)cc1. The zero-order valence-electron chi connectivity index (χ0n) is 26.5. The zero-order valence-corrected chi connectivity index (χ0v) is 26.5. The molecule has 0 amide bonds. The first-order chi connectivity index (χ1) is 21.5. The summed E-state index contributed by atoms with van der Waals surface area (Å²) in [5.41, 5.74) is 4.14. The van der Waals surface area contributed by atoms with Gasteiger partial charge in [-0.15, -0.1) is 0 Å². The molecule has 0 radical (unpaired) electrons. The lowest BCUT2D eigenvalue weighted by Gasteiger charge is -2.20. The molecule has 0 unspecified atom stereocenters. The summed E-state index contributed by atoms with van der Waals surface area (Å²) >= 11 is 0. The molecule has 45 heavy (non-hydrogen) atoms. The number of rotatable bonds is 6. The number of amidine groups is 2. The first-order valence-electron chi connectivity index (χ1n) is 15.0. The van der Waals surface area contributed by atoms with Crippen molar-refractivity contribution >= 4 is 23.3 Å². The van der Waals surface area contributed by atoms with Crippen LogP contribution in [0.1, 0.15) is 63.8 Å². The lowest BCUT2D eigenvalue weighted by Crippen LogP contribution is -2.22. The van der Waals surface area contributed by atoms with Gasteiger partial charge in [-0.05, 0) is 82.6 Å². The van der Waals surface area contributed by atoms with Crippen molar-refractivity contribution in [1.82, 2.24) is 15.3 Å². The van der Waals surface area contributed by atoms with E-state index in [4.69, 9.17) is 19.5 Å². The highest BCUT2D eigenvalue weighted by Crippen LogP contribution is 2.40. The molecule has 7 nitrogen and oxygen atoms in total. The molecule has 2 aromatic heterocycles. The minimum absolute atomic E-state index is 0.0332. The maximum absolute atomic E-state index is 6.53. The highest BCUT2D eigenvalue weighted by atomic mass is 16.5. The Bertz CT molecular complexity index is 1710. The van der Waals surface area contributed by atoms with E-state index in [0.29, 0.717) is 46.3 Å². The van der Waals surface area contributed by atoms with Crippen LogP contribution < -0.4 is 14.8 Å². The highest BCUT2D eigenvalue weighted by molar-refractivity contribution is 6.26. The van der Waals surface area contributed by atoms with Crippen LogP contribution in [0.3, 0.4) is 0 Å². The largest absolute Gasteiger partial charge is 0.453 e. The summed E-state index contributed by atoms with van der Waals surface area (Å²) in [6.07, 6.45) is 3.44. The quantitative estimate of drug-likeness (QED) is 0.211. The molecular formula is C38H37N5O2. The molecule has 0 saturated carbocycles. The van der Waals surface area contributed by atoms with Crippen LogP contribution in [-0.2, 0) is 10.8 Å². The number of hydrogen-bond donors (Lipinski definition) is 1. The van der Waals surface area contributed by atoms with Gasteiger partial charge in [0.15, 0.2) is 23.1 Å². The number of benzene rings is 3. The Morgan fingerprint density at radius 3 is 1.27 bits per heavy atom. The van der Waals surface area contributed by atoms with E-state index >= 15 is 0 Å². The minimum Gasteiger partial charge on any atom is -0.453 e. The van der Waals surface area contributed by atoms with Gasteiger partial charge in [-0.3, -0.25) is 0 Å². The number of aliphatic imine (C=N–C) groups is 2. The second-order valence-electron chi connectivity index (χ2n) is 13.0. The van der Waals surface area contributed by atoms with Crippen LogP contribution in [0.5, 0.6) is 23.0 Å². The Morgan fingerprint density at radius 2 is 0.933 bits per heavy atom.